The number of fused-ring (bicyclic) bond motifs is 1. The predicted octanol–water partition coefficient (Wildman–Crippen LogP) is 3.76. The number of nitrogens with zero attached hydrogens (tertiary/aromatic N) is 6. The number of ether oxygens (including phenoxy) is 1. The summed E-state index contributed by atoms with van der Waals surface area (Å²) >= 11 is 0. The Morgan fingerprint density at radius 1 is 0.925 bits per heavy atom. The van der Waals surface area contributed by atoms with Crippen molar-refractivity contribution in [3.05, 3.63) is 72.2 Å². The average Bonchev–Trinajstić information content (AvgIpc) is 3.38. The molecule has 2 aliphatic heterocycles. The van der Waals surface area contributed by atoms with E-state index in [0.29, 0.717) is 30.4 Å². The smallest absolute Gasteiger partial charge is 0.323 e. The topological polar surface area (TPSA) is 90.3 Å². The standard InChI is InChI=1S/C29H33FN8O2/c1-35-10-12-36(13-11-35)19-21-18-26-28(37-14-16-40-17-15-37)33-27(34-38(26)20-21)22-2-6-24(7-3-22)31-29(39)32-25-8-4-23(30)5-9-25/h2-9,18,20H,10-17,19H2,1H3,(H2,31,32,39). The number of aromatic nitrogens is 3. The van der Waals surface area contributed by atoms with Crippen LogP contribution in [0.3, 0.4) is 0 Å². The van der Waals surface area contributed by atoms with Crippen molar-refractivity contribution in [3.63, 3.8) is 0 Å². The maximum absolute atomic E-state index is 13.1. The van der Waals surface area contributed by atoms with Crippen LogP contribution in [0.2, 0.25) is 0 Å². The van der Waals surface area contributed by atoms with Gasteiger partial charge in [0.2, 0.25) is 0 Å². The normalized spacial score (nSPS) is 16.8. The van der Waals surface area contributed by atoms with Crippen molar-refractivity contribution in [1.82, 2.24) is 24.4 Å². The van der Waals surface area contributed by atoms with Crippen LogP contribution >= 0.6 is 0 Å². The highest BCUT2D eigenvalue weighted by molar-refractivity contribution is 5.99. The van der Waals surface area contributed by atoms with Gasteiger partial charge in [-0.05, 0) is 67.2 Å². The second-order valence-electron chi connectivity index (χ2n) is 10.3. The number of piperazine rings is 1. The number of likely N-dealkylation sites (N-methyl/N-ethyl adjacent to an activating group) is 1. The quantitative estimate of drug-likeness (QED) is 0.382. The van der Waals surface area contributed by atoms with Gasteiger partial charge in [-0.3, -0.25) is 4.90 Å². The van der Waals surface area contributed by atoms with Crippen LogP contribution < -0.4 is 15.5 Å². The van der Waals surface area contributed by atoms with E-state index in [4.69, 9.17) is 14.8 Å². The number of anilines is 3. The molecule has 0 bridgehead atoms. The number of halogens is 1. The molecule has 2 amide bonds. The molecule has 11 heteroatoms. The first-order valence-corrected chi connectivity index (χ1v) is 13.6. The lowest BCUT2D eigenvalue weighted by Crippen LogP contribution is -2.43. The third-order valence-electron chi connectivity index (χ3n) is 7.32. The molecule has 10 nitrogen and oxygen atoms in total. The van der Waals surface area contributed by atoms with Crippen LogP contribution in [-0.4, -0.2) is 90.0 Å². The Morgan fingerprint density at radius 3 is 2.25 bits per heavy atom. The fourth-order valence-electron chi connectivity index (χ4n) is 5.05. The molecule has 2 aliphatic rings. The van der Waals surface area contributed by atoms with Gasteiger partial charge in [-0.1, -0.05) is 0 Å². The van der Waals surface area contributed by atoms with Crippen LogP contribution in [-0.2, 0) is 11.3 Å². The number of carbonyl (C=O) groups excluding carboxylic acids is 1. The highest BCUT2D eigenvalue weighted by Gasteiger charge is 2.21. The van der Waals surface area contributed by atoms with Crippen LogP contribution in [0, 0.1) is 5.82 Å². The van der Waals surface area contributed by atoms with Gasteiger partial charge in [-0.15, -0.1) is 5.10 Å². The molecule has 2 aromatic heterocycles. The third kappa shape index (κ3) is 6.06. The van der Waals surface area contributed by atoms with Crippen molar-refractivity contribution in [2.75, 3.05) is 75.1 Å². The number of amides is 2. The Kier molecular flexibility index (Phi) is 7.58. The molecule has 2 saturated heterocycles. The summed E-state index contributed by atoms with van der Waals surface area (Å²) in [5.41, 5.74) is 4.18. The number of benzene rings is 2. The van der Waals surface area contributed by atoms with Crippen molar-refractivity contribution in [2.45, 2.75) is 6.54 Å². The minimum atomic E-state index is -0.410. The summed E-state index contributed by atoms with van der Waals surface area (Å²) in [5.74, 6) is 1.15. The SMILES string of the molecule is CN1CCN(Cc2cc3c(N4CCOCC4)nc(-c4ccc(NC(=O)Nc5ccc(F)cc5)cc4)nn3c2)CC1. The predicted molar refractivity (Wildman–Crippen MR) is 153 cm³/mol. The Balaban J connectivity index is 1.23. The number of urea groups is 1. The zero-order valence-electron chi connectivity index (χ0n) is 22.5. The minimum Gasteiger partial charge on any atom is -0.378 e. The van der Waals surface area contributed by atoms with Crippen molar-refractivity contribution in [1.29, 1.82) is 0 Å². The fraction of sp³-hybridized carbons (Fsp3) is 0.345. The zero-order chi connectivity index (χ0) is 27.5. The van der Waals surface area contributed by atoms with E-state index in [1.165, 1.54) is 29.8 Å². The first kappa shape index (κ1) is 26.2. The molecule has 2 N–H and O–H groups in total. The second kappa shape index (κ2) is 11.6. The number of rotatable bonds is 6. The summed E-state index contributed by atoms with van der Waals surface area (Å²) in [5, 5.41) is 10.4. The highest BCUT2D eigenvalue weighted by Crippen LogP contribution is 2.27. The summed E-state index contributed by atoms with van der Waals surface area (Å²) in [4.78, 5) is 24.5. The Bertz CT molecular complexity index is 1460. The lowest BCUT2D eigenvalue weighted by atomic mass is 10.2. The molecule has 0 spiro atoms. The molecule has 4 heterocycles. The minimum absolute atomic E-state index is 0.357. The van der Waals surface area contributed by atoms with E-state index in [2.05, 4.69) is 44.6 Å². The molecule has 208 valence electrons. The Labute approximate surface area is 232 Å². The highest BCUT2D eigenvalue weighted by atomic mass is 19.1. The number of nitrogens with one attached hydrogen (secondary N) is 2. The summed E-state index contributed by atoms with van der Waals surface area (Å²) in [6.07, 6.45) is 2.11. The molecule has 0 radical (unpaired) electrons. The van der Waals surface area contributed by atoms with Crippen molar-refractivity contribution >= 4 is 28.7 Å². The molecule has 0 unspecified atom stereocenters. The van der Waals surface area contributed by atoms with Gasteiger partial charge >= 0.3 is 6.03 Å². The maximum atomic E-state index is 13.1. The second-order valence-corrected chi connectivity index (χ2v) is 10.3. The van der Waals surface area contributed by atoms with E-state index >= 15 is 0 Å². The number of morpholine rings is 1. The van der Waals surface area contributed by atoms with Crippen molar-refractivity contribution in [3.8, 4) is 11.4 Å². The summed E-state index contributed by atoms with van der Waals surface area (Å²) in [7, 11) is 2.17. The van der Waals surface area contributed by atoms with Gasteiger partial charge in [0.15, 0.2) is 11.6 Å². The van der Waals surface area contributed by atoms with Gasteiger partial charge in [0, 0.05) is 68.9 Å². The van der Waals surface area contributed by atoms with E-state index in [-0.39, 0.29) is 5.82 Å². The number of carbonyl (C=O) groups is 1. The van der Waals surface area contributed by atoms with Crippen LogP contribution in [0.5, 0.6) is 0 Å². The average molecular weight is 545 g/mol. The third-order valence-corrected chi connectivity index (χ3v) is 7.32. The van der Waals surface area contributed by atoms with Crippen LogP contribution in [0.1, 0.15) is 5.56 Å². The maximum Gasteiger partial charge on any atom is 0.323 e. The van der Waals surface area contributed by atoms with Crippen LogP contribution in [0.25, 0.3) is 16.9 Å². The van der Waals surface area contributed by atoms with Crippen LogP contribution in [0.4, 0.5) is 26.4 Å². The van der Waals surface area contributed by atoms with Gasteiger partial charge < -0.3 is 25.2 Å². The van der Waals surface area contributed by atoms with Gasteiger partial charge in [-0.2, -0.15) is 0 Å². The largest absolute Gasteiger partial charge is 0.378 e. The Morgan fingerprint density at radius 2 is 1.57 bits per heavy atom. The summed E-state index contributed by atoms with van der Waals surface area (Å²) in [6, 6.07) is 14.8. The molecule has 0 atom stereocenters. The molecule has 6 rings (SSSR count). The van der Waals surface area contributed by atoms with Crippen LogP contribution in [0.15, 0.2) is 60.8 Å². The zero-order valence-corrected chi connectivity index (χ0v) is 22.5. The molecule has 0 saturated carbocycles. The number of hydrogen-bond donors (Lipinski definition) is 2. The lowest BCUT2D eigenvalue weighted by Gasteiger charge is -2.32. The summed E-state index contributed by atoms with van der Waals surface area (Å²) in [6.45, 7) is 8.03. The van der Waals surface area contributed by atoms with Crippen molar-refractivity contribution < 1.29 is 13.9 Å². The van der Waals surface area contributed by atoms with E-state index in [1.54, 1.807) is 0 Å². The molecule has 0 aliphatic carbocycles. The fourth-order valence-corrected chi connectivity index (χ4v) is 5.05. The van der Waals surface area contributed by atoms with Gasteiger partial charge in [-0.25, -0.2) is 18.7 Å². The molecule has 2 aromatic carbocycles. The molecule has 2 fully saturated rings. The first-order valence-electron chi connectivity index (χ1n) is 13.6. The summed E-state index contributed by atoms with van der Waals surface area (Å²) < 4.78 is 20.7. The van der Waals surface area contributed by atoms with E-state index in [0.717, 1.165) is 62.7 Å². The van der Waals surface area contributed by atoms with Gasteiger partial charge in [0.05, 0.1) is 13.2 Å². The molecule has 4 aromatic rings. The Hall–Kier alpha value is -4.06. The number of hydrogen-bond acceptors (Lipinski definition) is 7. The van der Waals surface area contributed by atoms with Crippen molar-refractivity contribution in [2.24, 2.45) is 0 Å². The lowest BCUT2D eigenvalue weighted by molar-refractivity contribution is 0.122. The molecular weight excluding hydrogens is 511 g/mol. The molecule has 40 heavy (non-hydrogen) atoms. The molecular formula is C29H33FN8O2. The van der Waals surface area contributed by atoms with Gasteiger partial charge in [0.25, 0.3) is 0 Å². The van der Waals surface area contributed by atoms with E-state index < -0.39 is 6.03 Å². The van der Waals surface area contributed by atoms with Gasteiger partial charge in [0.1, 0.15) is 11.3 Å². The monoisotopic (exact) mass is 544 g/mol. The van der Waals surface area contributed by atoms with E-state index in [1.807, 2.05) is 28.8 Å². The van der Waals surface area contributed by atoms with E-state index in [9.17, 15) is 9.18 Å². The first-order chi connectivity index (χ1) is 19.5.